The van der Waals surface area contributed by atoms with E-state index in [9.17, 15) is 9.59 Å². The summed E-state index contributed by atoms with van der Waals surface area (Å²) in [5.74, 6) is -0.957. The Morgan fingerprint density at radius 1 is 0.917 bits per heavy atom. The predicted octanol–water partition coefficient (Wildman–Crippen LogP) is 5.65. The van der Waals surface area contributed by atoms with Crippen LogP contribution in [0.3, 0.4) is 0 Å². The zero-order chi connectivity index (χ0) is 18.0. The van der Waals surface area contributed by atoms with Crippen LogP contribution in [0.4, 0.5) is 0 Å². The number of allylic oxidation sites excluding steroid dienone is 2. The lowest BCUT2D eigenvalue weighted by atomic mass is 10.1. The summed E-state index contributed by atoms with van der Waals surface area (Å²) in [4.78, 5) is 22.1. The number of unbranched alkanes of at least 4 members (excludes halogenated alkanes) is 7. The molecule has 0 aromatic carbocycles. The zero-order valence-electron chi connectivity index (χ0n) is 15.6. The van der Waals surface area contributed by atoms with Crippen molar-refractivity contribution in [1.29, 1.82) is 0 Å². The predicted molar refractivity (Wildman–Crippen MR) is 98.0 cm³/mol. The fourth-order valence-corrected chi connectivity index (χ4v) is 2.50. The van der Waals surface area contributed by atoms with Gasteiger partial charge in [0.15, 0.2) is 0 Å². The van der Waals surface area contributed by atoms with Crippen LogP contribution in [0.1, 0.15) is 97.3 Å². The van der Waals surface area contributed by atoms with Crippen LogP contribution in [-0.4, -0.2) is 23.1 Å². The molecule has 1 N–H and O–H groups in total. The Balaban J connectivity index is 3.39. The Labute approximate surface area is 147 Å². The molecule has 0 aromatic rings. The summed E-state index contributed by atoms with van der Waals surface area (Å²) in [5.41, 5.74) is 0. The number of esters is 1. The Kier molecular flexibility index (Phi) is 15.6. The summed E-state index contributed by atoms with van der Waals surface area (Å²) in [6.07, 6.45) is 16.7. The highest BCUT2D eigenvalue weighted by molar-refractivity contribution is 5.69. The van der Waals surface area contributed by atoms with Crippen molar-refractivity contribution in [2.75, 3.05) is 0 Å². The smallest absolute Gasteiger partial charge is 0.306 e. The monoisotopic (exact) mass is 340 g/mol. The lowest BCUT2D eigenvalue weighted by Crippen LogP contribution is -2.15. The molecule has 0 radical (unpaired) electrons. The first kappa shape index (κ1) is 22.7. The van der Waals surface area contributed by atoms with E-state index >= 15 is 0 Å². The van der Waals surface area contributed by atoms with Crippen molar-refractivity contribution in [2.24, 2.45) is 0 Å². The molecular formula is C20H36O4. The molecule has 4 heteroatoms. The largest absolute Gasteiger partial charge is 0.481 e. The van der Waals surface area contributed by atoms with Crippen LogP contribution >= 0.6 is 0 Å². The van der Waals surface area contributed by atoms with Crippen LogP contribution in [0.2, 0.25) is 0 Å². The number of carboxylic acid groups (broad SMARTS) is 1. The number of hydrogen-bond acceptors (Lipinski definition) is 3. The number of carboxylic acids is 1. The van der Waals surface area contributed by atoms with E-state index < -0.39 is 5.97 Å². The fraction of sp³-hybridized carbons (Fsp3) is 0.800. The van der Waals surface area contributed by atoms with E-state index in [1.807, 2.05) is 6.92 Å². The number of aliphatic carboxylic acids is 1. The maximum atomic E-state index is 11.7. The standard InChI is InChI=1S/C20H36O4/c1-3-4-5-6-7-8-9-10-11-12-13-17-20(23)24-18(2)15-14-16-19(21)22/h6-7,18H,3-5,8-17H2,1-2H3,(H,21,22)/b7-6-. The first-order valence-electron chi connectivity index (χ1n) is 9.62. The van der Waals surface area contributed by atoms with Crippen LogP contribution in [-0.2, 0) is 14.3 Å². The average Bonchev–Trinajstić information content (AvgIpc) is 2.52. The van der Waals surface area contributed by atoms with Crippen LogP contribution in [0, 0.1) is 0 Å². The molecule has 0 saturated heterocycles. The SMILES string of the molecule is CCCC/C=C\CCCCCCCC(=O)OC(C)CCCC(=O)O. The van der Waals surface area contributed by atoms with Gasteiger partial charge in [0.1, 0.15) is 0 Å². The molecule has 0 aliphatic carbocycles. The van der Waals surface area contributed by atoms with E-state index in [0.29, 0.717) is 19.3 Å². The van der Waals surface area contributed by atoms with Crippen LogP contribution < -0.4 is 0 Å². The molecule has 0 spiro atoms. The third kappa shape index (κ3) is 17.0. The summed E-state index contributed by atoms with van der Waals surface area (Å²) >= 11 is 0. The minimum atomic E-state index is -0.801. The third-order valence-electron chi connectivity index (χ3n) is 3.98. The van der Waals surface area contributed by atoms with Crippen LogP contribution in [0.25, 0.3) is 0 Å². The first-order valence-corrected chi connectivity index (χ1v) is 9.62. The summed E-state index contributed by atoms with van der Waals surface area (Å²) in [6.45, 7) is 4.04. The highest BCUT2D eigenvalue weighted by Crippen LogP contribution is 2.11. The van der Waals surface area contributed by atoms with E-state index in [0.717, 1.165) is 12.8 Å². The van der Waals surface area contributed by atoms with E-state index in [1.165, 1.54) is 44.9 Å². The Hall–Kier alpha value is -1.32. The summed E-state index contributed by atoms with van der Waals surface area (Å²) < 4.78 is 5.28. The van der Waals surface area contributed by atoms with Crippen molar-refractivity contribution in [2.45, 2.75) is 103 Å². The highest BCUT2D eigenvalue weighted by atomic mass is 16.5. The number of carbonyl (C=O) groups is 2. The van der Waals surface area contributed by atoms with Crippen LogP contribution in [0.5, 0.6) is 0 Å². The lowest BCUT2D eigenvalue weighted by Gasteiger charge is -2.12. The normalized spacial score (nSPS) is 12.4. The van der Waals surface area contributed by atoms with Gasteiger partial charge in [0.25, 0.3) is 0 Å². The van der Waals surface area contributed by atoms with Gasteiger partial charge < -0.3 is 9.84 Å². The van der Waals surface area contributed by atoms with Crippen molar-refractivity contribution >= 4 is 11.9 Å². The van der Waals surface area contributed by atoms with Gasteiger partial charge in [-0.05, 0) is 45.4 Å². The topological polar surface area (TPSA) is 63.6 Å². The van der Waals surface area contributed by atoms with E-state index in [1.54, 1.807) is 0 Å². The van der Waals surface area contributed by atoms with Gasteiger partial charge in [-0.2, -0.15) is 0 Å². The maximum absolute atomic E-state index is 11.7. The second-order valence-electron chi connectivity index (χ2n) is 6.51. The molecule has 0 rings (SSSR count). The van der Waals surface area contributed by atoms with Crippen molar-refractivity contribution in [3.05, 3.63) is 12.2 Å². The molecule has 4 nitrogen and oxygen atoms in total. The Morgan fingerprint density at radius 3 is 2.21 bits per heavy atom. The zero-order valence-corrected chi connectivity index (χ0v) is 15.6. The van der Waals surface area contributed by atoms with Gasteiger partial charge in [0.05, 0.1) is 6.10 Å². The second kappa shape index (κ2) is 16.5. The molecule has 0 bridgehead atoms. The number of carbonyl (C=O) groups excluding carboxylic acids is 1. The number of hydrogen-bond donors (Lipinski definition) is 1. The molecule has 1 unspecified atom stereocenters. The molecule has 1 atom stereocenters. The molecule has 140 valence electrons. The Bertz CT molecular complexity index is 350. The van der Waals surface area contributed by atoms with Gasteiger partial charge in [-0.15, -0.1) is 0 Å². The maximum Gasteiger partial charge on any atom is 0.306 e. The molecular weight excluding hydrogens is 304 g/mol. The van der Waals surface area contributed by atoms with E-state index in [2.05, 4.69) is 19.1 Å². The number of rotatable bonds is 16. The van der Waals surface area contributed by atoms with Gasteiger partial charge >= 0.3 is 11.9 Å². The fourth-order valence-electron chi connectivity index (χ4n) is 2.50. The first-order chi connectivity index (χ1) is 11.6. The summed E-state index contributed by atoms with van der Waals surface area (Å²) in [5, 5.41) is 8.57. The Morgan fingerprint density at radius 2 is 1.54 bits per heavy atom. The lowest BCUT2D eigenvalue weighted by molar-refractivity contribution is -0.148. The molecule has 0 aromatic heterocycles. The quantitative estimate of drug-likeness (QED) is 0.224. The second-order valence-corrected chi connectivity index (χ2v) is 6.51. The van der Waals surface area contributed by atoms with Crippen molar-refractivity contribution < 1.29 is 19.4 Å². The van der Waals surface area contributed by atoms with Crippen molar-refractivity contribution in [3.63, 3.8) is 0 Å². The average molecular weight is 341 g/mol. The molecule has 0 saturated carbocycles. The third-order valence-corrected chi connectivity index (χ3v) is 3.98. The summed E-state index contributed by atoms with van der Waals surface area (Å²) in [6, 6.07) is 0. The van der Waals surface area contributed by atoms with E-state index in [-0.39, 0.29) is 18.5 Å². The van der Waals surface area contributed by atoms with Gasteiger partial charge in [-0.1, -0.05) is 51.2 Å². The van der Waals surface area contributed by atoms with E-state index in [4.69, 9.17) is 9.84 Å². The molecule has 0 fully saturated rings. The van der Waals surface area contributed by atoms with Gasteiger partial charge in [0, 0.05) is 12.8 Å². The molecule has 0 heterocycles. The van der Waals surface area contributed by atoms with Crippen molar-refractivity contribution in [1.82, 2.24) is 0 Å². The van der Waals surface area contributed by atoms with Gasteiger partial charge in [-0.25, -0.2) is 0 Å². The number of ether oxygens (including phenoxy) is 1. The van der Waals surface area contributed by atoms with Crippen LogP contribution in [0.15, 0.2) is 12.2 Å². The van der Waals surface area contributed by atoms with Gasteiger partial charge in [0.2, 0.25) is 0 Å². The highest BCUT2D eigenvalue weighted by Gasteiger charge is 2.09. The minimum absolute atomic E-state index is 0.135. The molecule has 24 heavy (non-hydrogen) atoms. The minimum Gasteiger partial charge on any atom is -0.481 e. The molecule has 0 aliphatic rings. The van der Waals surface area contributed by atoms with Crippen molar-refractivity contribution in [3.8, 4) is 0 Å². The molecule has 0 aliphatic heterocycles. The summed E-state index contributed by atoms with van der Waals surface area (Å²) in [7, 11) is 0. The molecule has 0 amide bonds. The van der Waals surface area contributed by atoms with Gasteiger partial charge in [-0.3, -0.25) is 9.59 Å².